The van der Waals surface area contributed by atoms with Crippen molar-refractivity contribution in [2.75, 3.05) is 25.5 Å². The predicted molar refractivity (Wildman–Crippen MR) is 106 cm³/mol. The molecule has 2 aromatic carbocycles. The summed E-state index contributed by atoms with van der Waals surface area (Å²) in [6.45, 7) is 2.45. The first kappa shape index (κ1) is 18.0. The highest BCUT2D eigenvalue weighted by atomic mass is 32.2. The monoisotopic (exact) mass is 409 g/mol. The van der Waals surface area contributed by atoms with E-state index in [-0.39, 0.29) is 11.7 Å². The smallest absolute Gasteiger partial charge is 0.233 e. The molecule has 0 saturated heterocycles. The molecule has 29 heavy (non-hydrogen) atoms. The largest absolute Gasteiger partial charge is 0.486 e. The molecule has 9 heteroatoms. The van der Waals surface area contributed by atoms with Crippen LogP contribution in [-0.4, -0.2) is 56.5 Å². The first-order chi connectivity index (χ1) is 14.3. The lowest BCUT2D eigenvalue weighted by Gasteiger charge is -2.28. The number of hydrogen-bond donors (Lipinski definition) is 0. The minimum absolute atomic E-state index is 0.0845. The van der Waals surface area contributed by atoms with Gasteiger partial charge in [0.05, 0.1) is 11.4 Å². The van der Waals surface area contributed by atoms with Gasteiger partial charge in [-0.1, -0.05) is 36.0 Å². The SMILES string of the molecule is O=C(CSc1nnnn1-c1ccc2c(c1)OCCO2)N1CCc2ccccc2C1. The van der Waals surface area contributed by atoms with E-state index in [1.54, 1.807) is 4.68 Å². The van der Waals surface area contributed by atoms with E-state index in [9.17, 15) is 4.79 Å². The molecule has 148 valence electrons. The van der Waals surface area contributed by atoms with Gasteiger partial charge in [-0.25, -0.2) is 0 Å². The number of rotatable bonds is 4. The Morgan fingerprint density at radius 1 is 1.07 bits per heavy atom. The molecule has 8 nitrogen and oxygen atoms in total. The average Bonchev–Trinajstić information content (AvgIpc) is 3.25. The van der Waals surface area contributed by atoms with Crippen molar-refractivity contribution in [3.63, 3.8) is 0 Å². The van der Waals surface area contributed by atoms with Crippen LogP contribution in [0.2, 0.25) is 0 Å². The van der Waals surface area contributed by atoms with E-state index in [2.05, 4.69) is 27.7 Å². The van der Waals surface area contributed by atoms with Crippen molar-refractivity contribution in [2.24, 2.45) is 0 Å². The summed E-state index contributed by atoms with van der Waals surface area (Å²) in [5, 5.41) is 12.5. The van der Waals surface area contributed by atoms with E-state index >= 15 is 0 Å². The highest BCUT2D eigenvalue weighted by Gasteiger charge is 2.22. The maximum atomic E-state index is 12.7. The van der Waals surface area contributed by atoms with Gasteiger partial charge in [-0.2, -0.15) is 4.68 Å². The van der Waals surface area contributed by atoms with Crippen LogP contribution in [0.4, 0.5) is 0 Å². The van der Waals surface area contributed by atoms with Crippen molar-refractivity contribution in [3.8, 4) is 17.2 Å². The zero-order valence-corrected chi connectivity index (χ0v) is 16.5. The van der Waals surface area contributed by atoms with Gasteiger partial charge in [0.25, 0.3) is 0 Å². The van der Waals surface area contributed by atoms with Crippen LogP contribution >= 0.6 is 11.8 Å². The predicted octanol–water partition coefficient (Wildman–Crippen LogP) is 2.11. The highest BCUT2D eigenvalue weighted by Crippen LogP contribution is 2.32. The minimum Gasteiger partial charge on any atom is -0.486 e. The summed E-state index contributed by atoms with van der Waals surface area (Å²) >= 11 is 1.33. The Kier molecular flexibility index (Phi) is 4.81. The molecule has 0 radical (unpaired) electrons. The highest BCUT2D eigenvalue weighted by molar-refractivity contribution is 7.99. The topological polar surface area (TPSA) is 82.4 Å². The van der Waals surface area contributed by atoms with Gasteiger partial charge in [-0.05, 0) is 40.1 Å². The number of amides is 1. The number of aromatic nitrogens is 4. The average molecular weight is 409 g/mol. The summed E-state index contributed by atoms with van der Waals surface area (Å²) in [6.07, 6.45) is 0.890. The Morgan fingerprint density at radius 3 is 2.79 bits per heavy atom. The third-order valence-corrected chi connectivity index (χ3v) is 5.92. The molecule has 2 aliphatic rings. The number of tetrazole rings is 1. The maximum absolute atomic E-state index is 12.7. The molecule has 1 aromatic heterocycles. The van der Waals surface area contributed by atoms with Crippen molar-refractivity contribution in [3.05, 3.63) is 53.6 Å². The number of carbonyl (C=O) groups excluding carboxylic acids is 1. The summed E-state index contributed by atoms with van der Waals surface area (Å²) < 4.78 is 12.8. The molecule has 0 unspecified atom stereocenters. The third kappa shape index (κ3) is 3.65. The van der Waals surface area contributed by atoms with Gasteiger partial charge in [0.15, 0.2) is 11.5 Å². The van der Waals surface area contributed by atoms with Gasteiger partial charge >= 0.3 is 0 Å². The molecule has 3 aromatic rings. The van der Waals surface area contributed by atoms with E-state index in [0.717, 1.165) is 18.7 Å². The number of nitrogens with zero attached hydrogens (tertiary/aromatic N) is 5. The fraction of sp³-hybridized carbons (Fsp3) is 0.300. The van der Waals surface area contributed by atoms with Crippen molar-refractivity contribution in [2.45, 2.75) is 18.1 Å². The number of ether oxygens (including phenoxy) is 2. The zero-order valence-electron chi connectivity index (χ0n) is 15.7. The van der Waals surface area contributed by atoms with Gasteiger partial charge in [-0.15, -0.1) is 5.10 Å². The lowest BCUT2D eigenvalue weighted by atomic mass is 10.00. The van der Waals surface area contributed by atoms with Gasteiger partial charge in [-0.3, -0.25) is 4.79 Å². The first-order valence-electron chi connectivity index (χ1n) is 9.44. The van der Waals surface area contributed by atoms with Crippen LogP contribution in [0.1, 0.15) is 11.1 Å². The van der Waals surface area contributed by atoms with Gasteiger partial charge < -0.3 is 14.4 Å². The van der Waals surface area contributed by atoms with E-state index in [4.69, 9.17) is 9.47 Å². The van der Waals surface area contributed by atoms with Crippen molar-refractivity contribution in [1.29, 1.82) is 0 Å². The van der Waals surface area contributed by atoms with E-state index in [1.807, 2.05) is 35.2 Å². The summed E-state index contributed by atoms with van der Waals surface area (Å²) in [5.74, 6) is 1.75. The molecule has 0 spiro atoms. The normalized spacial score (nSPS) is 15.1. The molecule has 5 rings (SSSR count). The van der Waals surface area contributed by atoms with Crippen LogP contribution in [0.25, 0.3) is 5.69 Å². The van der Waals surface area contributed by atoms with E-state index < -0.39 is 0 Å². The van der Waals surface area contributed by atoms with Gasteiger partial charge in [0.1, 0.15) is 13.2 Å². The van der Waals surface area contributed by atoms with Gasteiger partial charge in [0, 0.05) is 19.2 Å². The van der Waals surface area contributed by atoms with Crippen molar-refractivity contribution >= 4 is 17.7 Å². The Balaban J connectivity index is 1.27. The molecule has 2 aliphatic heterocycles. The second-order valence-electron chi connectivity index (χ2n) is 6.82. The van der Waals surface area contributed by atoms with Crippen molar-refractivity contribution in [1.82, 2.24) is 25.1 Å². The Labute approximate surface area is 171 Å². The first-order valence-corrected chi connectivity index (χ1v) is 10.4. The van der Waals surface area contributed by atoms with Crippen LogP contribution < -0.4 is 9.47 Å². The number of fused-ring (bicyclic) bond motifs is 2. The number of benzene rings is 2. The number of carbonyl (C=O) groups is 1. The second-order valence-corrected chi connectivity index (χ2v) is 7.77. The molecule has 0 aliphatic carbocycles. The zero-order chi connectivity index (χ0) is 19.6. The Morgan fingerprint density at radius 2 is 1.90 bits per heavy atom. The third-order valence-electron chi connectivity index (χ3n) is 5.02. The van der Waals surface area contributed by atoms with E-state index in [0.29, 0.717) is 36.4 Å². The Bertz CT molecular complexity index is 1050. The Hall–Kier alpha value is -3.07. The van der Waals surface area contributed by atoms with Crippen LogP contribution in [0.15, 0.2) is 47.6 Å². The molecule has 0 saturated carbocycles. The molecule has 0 fully saturated rings. The van der Waals surface area contributed by atoms with Crippen LogP contribution in [0.3, 0.4) is 0 Å². The summed E-state index contributed by atoms with van der Waals surface area (Å²) in [5.41, 5.74) is 3.31. The second kappa shape index (κ2) is 7.75. The van der Waals surface area contributed by atoms with Crippen molar-refractivity contribution < 1.29 is 14.3 Å². The molecule has 3 heterocycles. The molecule has 1 amide bonds. The molecule has 0 N–H and O–H groups in total. The molecular weight excluding hydrogens is 390 g/mol. The quantitative estimate of drug-likeness (QED) is 0.611. The summed E-state index contributed by atoms with van der Waals surface area (Å²) in [7, 11) is 0. The lowest BCUT2D eigenvalue weighted by molar-refractivity contribution is -0.129. The standard InChI is InChI=1S/C20H19N5O3S/c26-19(24-8-7-14-3-1-2-4-15(14)12-24)13-29-20-21-22-23-25(20)16-5-6-17-18(11-16)28-10-9-27-17/h1-6,11H,7-10,12-13H2. The van der Waals surface area contributed by atoms with Crippen LogP contribution in [-0.2, 0) is 17.8 Å². The van der Waals surface area contributed by atoms with Crippen LogP contribution in [0.5, 0.6) is 11.5 Å². The molecule has 0 atom stereocenters. The summed E-state index contributed by atoms with van der Waals surface area (Å²) in [6, 6.07) is 13.8. The molecule has 0 bridgehead atoms. The van der Waals surface area contributed by atoms with E-state index in [1.165, 1.54) is 22.9 Å². The summed E-state index contributed by atoms with van der Waals surface area (Å²) in [4.78, 5) is 14.6. The molecular formula is C20H19N5O3S. The maximum Gasteiger partial charge on any atom is 0.233 e. The number of hydrogen-bond acceptors (Lipinski definition) is 7. The number of thioether (sulfide) groups is 1. The fourth-order valence-electron chi connectivity index (χ4n) is 3.52. The van der Waals surface area contributed by atoms with Gasteiger partial charge in [0.2, 0.25) is 11.1 Å². The fourth-order valence-corrected chi connectivity index (χ4v) is 4.31. The lowest BCUT2D eigenvalue weighted by Crippen LogP contribution is -2.37. The van der Waals surface area contributed by atoms with Crippen LogP contribution in [0, 0.1) is 0 Å². The minimum atomic E-state index is 0.0845.